The van der Waals surface area contributed by atoms with E-state index < -0.39 is 34.4 Å². The molecule has 2 aliphatic rings. The Labute approximate surface area is 233 Å². The number of anilines is 1. The highest BCUT2D eigenvalue weighted by atomic mass is 35.5. The Morgan fingerprint density at radius 2 is 1.77 bits per heavy atom. The fraction of sp³-hybridized carbons (Fsp3) is 0.241. The Morgan fingerprint density at radius 3 is 2.48 bits per heavy atom. The maximum absolute atomic E-state index is 13.7. The average Bonchev–Trinajstić information content (AvgIpc) is 3.69. The normalized spacial score (nSPS) is 17.6. The minimum Gasteiger partial charge on any atom is -0.436 e. The van der Waals surface area contributed by atoms with Crippen LogP contribution in [0, 0.1) is 10.1 Å². The van der Waals surface area contributed by atoms with Crippen molar-refractivity contribution in [3.63, 3.8) is 0 Å². The van der Waals surface area contributed by atoms with Crippen LogP contribution >= 0.6 is 11.6 Å². The highest BCUT2D eigenvalue weighted by Crippen LogP contribution is 2.35. The summed E-state index contributed by atoms with van der Waals surface area (Å²) < 4.78 is 5.81. The largest absolute Gasteiger partial charge is 0.436 e. The first-order valence-electron chi connectivity index (χ1n) is 12.9. The number of amides is 3. The molecule has 0 radical (unpaired) electrons. The smallest absolute Gasteiger partial charge is 0.288 e. The molecule has 3 amide bonds. The average molecular weight is 559 g/mol. The molecule has 1 saturated carbocycles. The molecule has 0 spiro atoms. The zero-order valence-electron chi connectivity index (χ0n) is 21.2. The molecule has 1 aliphatic carbocycles. The summed E-state index contributed by atoms with van der Waals surface area (Å²) in [5.41, 5.74) is 2.08. The molecule has 2 heterocycles. The van der Waals surface area contributed by atoms with Crippen LogP contribution in [0.4, 0.5) is 11.4 Å². The monoisotopic (exact) mass is 558 g/mol. The van der Waals surface area contributed by atoms with Crippen molar-refractivity contribution in [1.82, 2.24) is 9.88 Å². The van der Waals surface area contributed by atoms with Gasteiger partial charge in [0.2, 0.25) is 11.8 Å². The number of rotatable bonds is 6. The lowest BCUT2D eigenvalue weighted by Gasteiger charge is -2.33. The van der Waals surface area contributed by atoms with Crippen LogP contribution in [-0.2, 0) is 9.59 Å². The molecule has 1 aromatic heterocycles. The molecule has 202 valence electrons. The molecular weight excluding hydrogens is 536 g/mol. The first-order valence-corrected chi connectivity index (χ1v) is 13.3. The van der Waals surface area contributed by atoms with Crippen LogP contribution in [-0.4, -0.2) is 44.6 Å². The maximum Gasteiger partial charge on any atom is 0.288 e. The number of halogens is 1. The van der Waals surface area contributed by atoms with E-state index in [1.807, 2.05) is 24.3 Å². The van der Waals surface area contributed by atoms with E-state index >= 15 is 0 Å². The van der Waals surface area contributed by atoms with Gasteiger partial charge in [0, 0.05) is 23.2 Å². The van der Waals surface area contributed by atoms with Gasteiger partial charge < -0.3 is 9.32 Å². The second-order valence-corrected chi connectivity index (χ2v) is 10.3. The SMILES string of the molecule is O=C1CC(N(C(=O)c2ccc(Cl)c([N+](=O)[O-])c2)C2CCCC2)C(=O)N1c1ccc(-c2nc3ccccc3o2)cc1. The lowest BCUT2D eigenvalue weighted by molar-refractivity contribution is -0.384. The number of imide groups is 1. The van der Waals surface area contributed by atoms with Gasteiger partial charge in [-0.05, 0) is 61.4 Å². The van der Waals surface area contributed by atoms with Gasteiger partial charge in [0.05, 0.1) is 17.0 Å². The molecule has 2 fully saturated rings. The number of hydrogen-bond donors (Lipinski definition) is 0. The fourth-order valence-electron chi connectivity index (χ4n) is 5.53. The summed E-state index contributed by atoms with van der Waals surface area (Å²) in [6.07, 6.45) is 2.94. The summed E-state index contributed by atoms with van der Waals surface area (Å²) in [7, 11) is 0. The first-order chi connectivity index (χ1) is 19.3. The van der Waals surface area contributed by atoms with E-state index in [4.69, 9.17) is 16.0 Å². The van der Waals surface area contributed by atoms with Gasteiger partial charge in [-0.1, -0.05) is 36.6 Å². The van der Waals surface area contributed by atoms with Crippen molar-refractivity contribution < 1.29 is 23.7 Å². The molecule has 0 bridgehead atoms. The number of nitro benzene ring substituents is 1. The van der Waals surface area contributed by atoms with E-state index in [-0.39, 0.29) is 23.0 Å². The zero-order valence-corrected chi connectivity index (χ0v) is 21.9. The van der Waals surface area contributed by atoms with Gasteiger partial charge in [-0.15, -0.1) is 0 Å². The Morgan fingerprint density at radius 1 is 1.05 bits per heavy atom. The van der Waals surface area contributed by atoms with E-state index in [0.717, 1.165) is 29.3 Å². The van der Waals surface area contributed by atoms with Crippen molar-refractivity contribution in [3.05, 3.63) is 87.4 Å². The lowest BCUT2D eigenvalue weighted by Crippen LogP contribution is -2.50. The summed E-state index contributed by atoms with van der Waals surface area (Å²) >= 11 is 5.95. The Kier molecular flexibility index (Phi) is 6.55. The third-order valence-corrected chi connectivity index (χ3v) is 7.79. The fourth-order valence-corrected chi connectivity index (χ4v) is 5.72. The number of fused-ring (bicyclic) bond motifs is 1. The molecular formula is C29H23ClN4O6. The van der Waals surface area contributed by atoms with Crippen LogP contribution in [0.1, 0.15) is 42.5 Å². The molecule has 1 saturated heterocycles. The molecule has 1 atom stereocenters. The van der Waals surface area contributed by atoms with Crippen molar-refractivity contribution in [1.29, 1.82) is 0 Å². The van der Waals surface area contributed by atoms with E-state index in [1.54, 1.807) is 24.3 Å². The lowest BCUT2D eigenvalue weighted by atomic mass is 10.1. The number of carbonyl (C=O) groups excluding carboxylic acids is 3. The highest BCUT2D eigenvalue weighted by Gasteiger charge is 2.47. The number of aromatic nitrogens is 1. The van der Waals surface area contributed by atoms with Gasteiger partial charge in [0.25, 0.3) is 17.5 Å². The van der Waals surface area contributed by atoms with E-state index in [2.05, 4.69) is 4.98 Å². The first kappa shape index (κ1) is 25.7. The number of carbonyl (C=O) groups is 3. The van der Waals surface area contributed by atoms with Crippen molar-refractivity contribution in [2.45, 2.75) is 44.2 Å². The minimum atomic E-state index is -1.02. The van der Waals surface area contributed by atoms with E-state index in [9.17, 15) is 24.5 Å². The predicted molar refractivity (Wildman–Crippen MR) is 147 cm³/mol. The quantitative estimate of drug-likeness (QED) is 0.167. The van der Waals surface area contributed by atoms with Gasteiger partial charge in [0.15, 0.2) is 5.58 Å². The Bertz CT molecular complexity index is 1630. The van der Waals surface area contributed by atoms with Crippen molar-refractivity contribution >= 4 is 51.8 Å². The molecule has 6 rings (SSSR count). The molecule has 4 aromatic rings. The standard InChI is InChI=1S/C29H23ClN4O6/c30-21-14-11-18(15-23(21)34(38)39)28(36)32(19-5-1-2-6-19)24-16-26(35)33(29(24)37)20-12-9-17(10-13-20)27-31-22-7-3-4-8-25(22)40-27/h3-4,7-15,19,24H,1-2,5-6,16H2. The van der Waals surface area contributed by atoms with Crippen LogP contribution < -0.4 is 4.90 Å². The maximum atomic E-state index is 13.7. The number of hydrogen-bond acceptors (Lipinski definition) is 7. The Hall–Kier alpha value is -4.57. The molecule has 11 heteroatoms. The van der Waals surface area contributed by atoms with E-state index in [1.165, 1.54) is 17.0 Å². The van der Waals surface area contributed by atoms with Gasteiger partial charge >= 0.3 is 0 Å². The third-order valence-electron chi connectivity index (χ3n) is 7.47. The molecule has 1 aliphatic heterocycles. The van der Waals surface area contributed by atoms with Crippen LogP contribution in [0.3, 0.4) is 0 Å². The molecule has 0 N–H and O–H groups in total. The van der Waals surface area contributed by atoms with Crippen LogP contribution in [0.2, 0.25) is 5.02 Å². The second kappa shape index (κ2) is 10.2. The van der Waals surface area contributed by atoms with Gasteiger partial charge in [-0.3, -0.25) is 24.5 Å². The third kappa shape index (κ3) is 4.50. The number of oxazole rings is 1. The molecule has 3 aromatic carbocycles. The summed E-state index contributed by atoms with van der Waals surface area (Å²) in [5.74, 6) is -1.06. The Balaban J connectivity index is 1.29. The minimum absolute atomic E-state index is 0.0457. The number of nitro groups is 1. The van der Waals surface area contributed by atoms with Gasteiger partial charge in [-0.25, -0.2) is 9.88 Å². The predicted octanol–water partition coefficient (Wildman–Crippen LogP) is 5.77. The van der Waals surface area contributed by atoms with Crippen molar-refractivity contribution in [2.75, 3.05) is 4.90 Å². The highest BCUT2D eigenvalue weighted by molar-refractivity contribution is 6.32. The number of para-hydroxylation sites is 2. The second-order valence-electron chi connectivity index (χ2n) is 9.89. The molecule has 40 heavy (non-hydrogen) atoms. The van der Waals surface area contributed by atoms with E-state index in [0.29, 0.717) is 35.6 Å². The number of nitrogens with zero attached hydrogens (tertiary/aromatic N) is 4. The van der Waals surface area contributed by atoms with Gasteiger partial charge in [-0.2, -0.15) is 0 Å². The number of benzene rings is 3. The summed E-state index contributed by atoms with van der Waals surface area (Å²) in [6.45, 7) is 0. The summed E-state index contributed by atoms with van der Waals surface area (Å²) in [6, 6.07) is 16.7. The summed E-state index contributed by atoms with van der Waals surface area (Å²) in [4.78, 5) is 58.4. The zero-order chi connectivity index (χ0) is 28.0. The van der Waals surface area contributed by atoms with Gasteiger partial charge in [0.1, 0.15) is 16.6 Å². The van der Waals surface area contributed by atoms with Crippen LogP contribution in [0.5, 0.6) is 0 Å². The van der Waals surface area contributed by atoms with Crippen LogP contribution in [0.25, 0.3) is 22.6 Å². The topological polar surface area (TPSA) is 127 Å². The van der Waals surface area contributed by atoms with Crippen molar-refractivity contribution in [3.8, 4) is 11.5 Å². The van der Waals surface area contributed by atoms with Crippen molar-refractivity contribution in [2.24, 2.45) is 0 Å². The molecule has 1 unspecified atom stereocenters. The molecule has 10 nitrogen and oxygen atoms in total. The van der Waals surface area contributed by atoms with Crippen LogP contribution in [0.15, 0.2) is 71.1 Å². The summed E-state index contributed by atoms with van der Waals surface area (Å²) in [5, 5.41) is 11.3.